The minimum Gasteiger partial charge on any atom is -0.475 e. The molecule has 0 aliphatic heterocycles. The number of benzene rings is 2. The molecular formula is C23H28F3N3O5. The van der Waals surface area contributed by atoms with Gasteiger partial charge >= 0.3 is 18.2 Å². The van der Waals surface area contributed by atoms with Gasteiger partial charge in [0.05, 0.1) is 6.04 Å². The summed E-state index contributed by atoms with van der Waals surface area (Å²) in [5.41, 5.74) is 7.89. The quantitative estimate of drug-likeness (QED) is 0.384. The molecule has 2 rings (SSSR count). The minimum absolute atomic E-state index is 0.158. The molecule has 11 heteroatoms. The van der Waals surface area contributed by atoms with Crippen LogP contribution in [0, 0.1) is 0 Å². The predicted molar refractivity (Wildman–Crippen MR) is 118 cm³/mol. The van der Waals surface area contributed by atoms with Gasteiger partial charge in [-0.2, -0.15) is 13.2 Å². The molecule has 0 aliphatic carbocycles. The predicted octanol–water partition coefficient (Wildman–Crippen LogP) is 3.36. The van der Waals surface area contributed by atoms with Crippen molar-refractivity contribution < 1.29 is 37.4 Å². The molecule has 5 N–H and O–H groups in total. The zero-order valence-electron chi connectivity index (χ0n) is 18.4. The van der Waals surface area contributed by atoms with Crippen LogP contribution in [0.4, 0.5) is 18.0 Å². The summed E-state index contributed by atoms with van der Waals surface area (Å²) < 4.78 is 36.9. The monoisotopic (exact) mass is 483 g/mol. The molecular weight excluding hydrogens is 455 g/mol. The van der Waals surface area contributed by atoms with E-state index in [4.69, 9.17) is 20.4 Å². The molecule has 34 heavy (non-hydrogen) atoms. The number of carbonyl (C=O) groups excluding carboxylic acids is 2. The number of aliphatic carboxylic acids is 1. The molecule has 186 valence electrons. The van der Waals surface area contributed by atoms with Gasteiger partial charge in [0, 0.05) is 13.1 Å². The Morgan fingerprint density at radius 3 is 1.97 bits per heavy atom. The number of alkyl carbamates (subject to hydrolysis) is 1. The van der Waals surface area contributed by atoms with Gasteiger partial charge < -0.3 is 26.2 Å². The Kier molecular flexibility index (Phi) is 12.8. The summed E-state index contributed by atoms with van der Waals surface area (Å²) in [5, 5.41) is 12.7. The van der Waals surface area contributed by atoms with Gasteiger partial charge in [0.15, 0.2) is 0 Å². The molecule has 0 aliphatic rings. The number of carbonyl (C=O) groups is 3. The van der Waals surface area contributed by atoms with Gasteiger partial charge in [0.1, 0.15) is 6.61 Å². The summed E-state index contributed by atoms with van der Waals surface area (Å²) in [4.78, 5) is 32.5. The van der Waals surface area contributed by atoms with Crippen LogP contribution in [0.1, 0.15) is 30.4 Å². The standard InChI is InChI=1S/C21H27N3O3.C2HF3O2/c22-19(20(25)24-15-17-9-3-1-4-10-17)13-7-8-14-23-21(26)27-16-18-11-5-2-6-12-18;3-2(4,5)1(6)7/h1-6,9-12,19H,7-8,13-16,22H2,(H,23,26)(H,24,25);(H,6,7)/t19-;/m0./s1. The fourth-order valence-electron chi connectivity index (χ4n) is 2.50. The van der Waals surface area contributed by atoms with E-state index in [1.165, 1.54) is 0 Å². The minimum atomic E-state index is -5.08. The van der Waals surface area contributed by atoms with Gasteiger partial charge in [0.2, 0.25) is 5.91 Å². The Balaban J connectivity index is 0.000000718. The number of ether oxygens (including phenoxy) is 1. The molecule has 2 aromatic carbocycles. The number of rotatable bonds is 10. The van der Waals surface area contributed by atoms with E-state index in [0.29, 0.717) is 19.5 Å². The van der Waals surface area contributed by atoms with Crippen molar-refractivity contribution in [2.24, 2.45) is 5.73 Å². The molecule has 0 bridgehead atoms. The average molecular weight is 483 g/mol. The first kappa shape index (κ1) is 28.4. The molecule has 0 saturated carbocycles. The zero-order chi connectivity index (χ0) is 25.4. The zero-order valence-corrected chi connectivity index (χ0v) is 18.4. The average Bonchev–Trinajstić information content (AvgIpc) is 2.82. The number of nitrogens with two attached hydrogens (primary N) is 1. The summed E-state index contributed by atoms with van der Waals surface area (Å²) in [5.74, 6) is -2.92. The van der Waals surface area contributed by atoms with E-state index in [-0.39, 0.29) is 12.5 Å². The van der Waals surface area contributed by atoms with Gasteiger partial charge in [-0.3, -0.25) is 4.79 Å². The first-order valence-corrected chi connectivity index (χ1v) is 10.4. The first-order chi connectivity index (χ1) is 16.1. The van der Waals surface area contributed by atoms with Crippen LogP contribution in [0.5, 0.6) is 0 Å². The number of halogens is 3. The van der Waals surface area contributed by atoms with E-state index in [9.17, 15) is 22.8 Å². The lowest BCUT2D eigenvalue weighted by molar-refractivity contribution is -0.192. The van der Waals surface area contributed by atoms with Crippen LogP contribution in [-0.2, 0) is 27.5 Å². The Labute approximate surface area is 195 Å². The van der Waals surface area contributed by atoms with Gasteiger partial charge in [-0.25, -0.2) is 9.59 Å². The third kappa shape index (κ3) is 13.1. The third-order valence-electron chi connectivity index (χ3n) is 4.31. The van der Waals surface area contributed by atoms with Crippen molar-refractivity contribution in [3.05, 3.63) is 71.8 Å². The Bertz CT molecular complexity index is 880. The van der Waals surface area contributed by atoms with Crippen molar-refractivity contribution in [1.82, 2.24) is 10.6 Å². The largest absolute Gasteiger partial charge is 0.490 e. The van der Waals surface area contributed by atoms with Crippen molar-refractivity contribution in [3.8, 4) is 0 Å². The van der Waals surface area contributed by atoms with Crippen molar-refractivity contribution in [2.45, 2.75) is 44.6 Å². The van der Waals surface area contributed by atoms with Gasteiger partial charge in [-0.1, -0.05) is 60.7 Å². The van der Waals surface area contributed by atoms with Crippen LogP contribution in [0.2, 0.25) is 0 Å². The second kappa shape index (κ2) is 15.3. The van der Waals surface area contributed by atoms with Crippen molar-refractivity contribution in [2.75, 3.05) is 6.54 Å². The maximum Gasteiger partial charge on any atom is 0.490 e. The van der Waals surface area contributed by atoms with E-state index in [2.05, 4.69) is 10.6 Å². The van der Waals surface area contributed by atoms with Crippen LogP contribution < -0.4 is 16.4 Å². The Hall–Kier alpha value is -3.60. The van der Waals surface area contributed by atoms with Gasteiger partial charge in [-0.05, 0) is 30.4 Å². The van der Waals surface area contributed by atoms with Crippen LogP contribution in [0.25, 0.3) is 0 Å². The lowest BCUT2D eigenvalue weighted by Gasteiger charge is -2.12. The van der Waals surface area contributed by atoms with Crippen LogP contribution in [-0.4, -0.2) is 41.8 Å². The molecule has 2 amide bonds. The normalized spacial score (nSPS) is 11.4. The van der Waals surface area contributed by atoms with E-state index < -0.39 is 24.3 Å². The Morgan fingerprint density at radius 1 is 0.912 bits per heavy atom. The maximum atomic E-state index is 12.0. The highest BCUT2D eigenvalue weighted by Gasteiger charge is 2.38. The van der Waals surface area contributed by atoms with E-state index in [0.717, 1.165) is 24.0 Å². The lowest BCUT2D eigenvalue weighted by Crippen LogP contribution is -2.40. The number of carboxylic acid groups (broad SMARTS) is 1. The van der Waals surface area contributed by atoms with E-state index in [1.54, 1.807) is 0 Å². The van der Waals surface area contributed by atoms with Crippen LogP contribution >= 0.6 is 0 Å². The van der Waals surface area contributed by atoms with Crippen LogP contribution in [0.15, 0.2) is 60.7 Å². The molecule has 2 aromatic rings. The highest BCUT2D eigenvalue weighted by Crippen LogP contribution is 2.13. The smallest absolute Gasteiger partial charge is 0.475 e. The van der Waals surface area contributed by atoms with Gasteiger partial charge in [-0.15, -0.1) is 0 Å². The summed E-state index contributed by atoms with van der Waals surface area (Å²) in [6, 6.07) is 18.7. The van der Waals surface area contributed by atoms with Gasteiger partial charge in [0.25, 0.3) is 0 Å². The topological polar surface area (TPSA) is 131 Å². The van der Waals surface area contributed by atoms with Crippen molar-refractivity contribution in [1.29, 1.82) is 0 Å². The fraction of sp³-hybridized carbons (Fsp3) is 0.348. The maximum absolute atomic E-state index is 12.0. The molecule has 0 heterocycles. The van der Waals surface area contributed by atoms with Crippen molar-refractivity contribution >= 4 is 18.0 Å². The molecule has 0 radical (unpaired) electrons. The number of hydrogen-bond acceptors (Lipinski definition) is 5. The van der Waals surface area contributed by atoms with E-state index in [1.807, 2.05) is 60.7 Å². The third-order valence-corrected chi connectivity index (χ3v) is 4.31. The Morgan fingerprint density at radius 2 is 1.44 bits per heavy atom. The lowest BCUT2D eigenvalue weighted by atomic mass is 10.1. The number of nitrogens with one attached hydrogen (secondary N) is 2. The van der Waals surface area contributed by atoms with Crippen molar-refractivity contribution in [3.63, 3.8) is 0 Å². The summed E-state index contributed by atoms with van der Waals surface area (Å²) in [7, 11) is 0. The molecule has 8 nitrogen and oxygen atoms in total. The summed E-state index contributed by atoms with van der Waals surface area (Å²) in [6.07, 6.45) is -3.47. The van der Waals surface area contributed by atoms with E-state index >= 15 is 0 Å². The summed E-state index contributed by atoms with van der Waals surface area (Å²) in [6.45, 7) is 1.22. The highest BCUT2D eigenvalue weighted by molar-refractivity contribution is 5.81. The second-order valence-corrected chi connectivity index (χ2v) is 7.10. The SMILES string of the molecule is N[C@@H](CCCCNC(=O)OCc1ccccc1)C(=O)NCc1ccccc1.O=C(O)C(F)(F)F. The molecule has 0 spiro atoms. The number of carboxylic acids is 1. The number of hydrogen-bond donors (Lipinski definition) is 4. The molecule has 0 saturated heterocycles. The molecule has 0 fully saturated rings. The molecule has 0 unspecified atom stereocenters. The fourth-order valence-corrected chi connectivity index (χ4v) is 2.50. The van der Waals surface area contributed by atoms with Crippen LogP contribution in [0.3, 0.4) is 0 Å². The number of amides is 2. The highest BCUT2D eigenvalue weighted by atomic mass is 19.4. The first-order valence-electron chi connectivity index (χ1n) is 10.4. The molecule has 0 aromatic heterocycles. The second-order valence-electron chi connectivity index (χ2n) is 7.10. The number of unbranched alkanes of at least 4 members (excludes halogenated alkanes) is 1. The number of alkyl halides is 3. The molecule has 1 atom stereocenters. The summed E-state index contributed by atoms with van der Waals surface area (Å²) >= 11 is 0.